The van der Waals surface area contributed by atoms with Crippen molar-refractivity contribution in [2.45, 2.75) is 26.3 Å². The van der Waals surface area contributed by atoms with Gasteiger partial charge in [0.1, 0.15) is 6.61 Å². The normalized spacial score (nSPS) is 19.0. The molecule has 4 rings (SSSR count). The lowest BCUT2D eigenvalue weighted by Crippen LogP contribution is -2.49. The van der Waals surface area contributed by atoms with E-state index in [-0.39, 0.29) is 24.1 Å². The number of ether oxygens (including phenoxy) is 1. The Bertz CT molecular complexity index is 949. The van der Waals surface area contributed by atoms with E-state index >= 15 is 0 Å². The topological polar surface area (TPSA) is 70.9 Å². The predicted octanol–water partition coefficient (Wildman–Crippen LogP) is 1.35. The van der Waals surface area contributed by atoms with Gasteiger partial charge in [0.05, 0.1) is 17.2 Å². The lowest BCUT2D eigenvalue weighted by molar-refractivity contribution is -0.134. The van der Waals surface area contributed by atoms with Crippen LogP contribution in [-0.4, -0.2) is 84.3 Å². The van der Waals surface area contributed by atoms with E-state index in [0.29, 0.717) is 12.0 Å². The van der Waals surface area contributed by atoms with Crippen LogP contribution in [0.1, 0.15) is 26.3 Å². The van der Waals surface area contributed by atoms with Crippen LogP contribution in [0.2, 0.25) is 0 Å². The van der Waals surface area contributed by atoms with Crippen LogP contribution in [0.4, 0.5) is 5.69 Å². The summed E-state index contributed by atoms with van der Waals surface area (Å²) in [6.45, 7) is 11.1. The summed E-state index contributed by atoms with van der Waals surface area (Å²) in [4.78, 5) is 35.9. The average Bonchev–Trinajstić information content (AvgIpc) is 2.96. The standard InChI is InChI=1S/C22H31N5O3/c1-17(2)27-16-23-20-14-18(4-5-19(20)22(27)29)25-10-7-24(8-11-25)9-12-26-6-3-13-30-15-21(26)28/h4-5,14,16-17H,3,6-13,15H2,1-2H3. The van der Waals surface area contributed by atoms with E-state index in [4.69, 9.17) is 4.74 Å². The highest BCUT2D eigenvalue weighted by atomic mass is 16.5. The van der Waals surface area contributed by atoms with Crippen LogP contribution in [0.3, 0.4) is 0 Å². The Labute approximate surface area is 177 Å². The number of carbonyl (C=O) groups excluding carboxylic acids is 1. The lowest BCUT2D eigenvalue weighted by Gasteiger charge is -2.37. The molecule has 30 heavy (non-hydrogen) atoms. The van der Waals surface area contributed by atoms with Crippen LogP contribution in [0, 0.1) is 0 Å². The molecule has 0 aliphatic carbocycles. The van der Waals surface area contributed by atoms with Crippen molar-refractivity contribution in [3.05, 3.63) is 34.9 Å². The molecule has 0 N–H and O–H groups in total. The lowest BCUT2D eigenvalue weighted by atomic mass is 10.2. The molecule has 2 fully saturated rings. The second kappa shape index (κ2) is 9.14. The number of piperazine rings is 1. The highest BCUT2D eigenvalue weighted by Crippen LogP contribution is 2.21. The number of aromatic nitrogens is 2. The van der Waals surface area contributed by atoms with Crippen LogP contribution in [0.15, 0.2) is 29.3 Å². The molecular weight excluding hydrogens is 382 g/mol. The van der Waals surface area contributed by atoms with E-state index in [1.54, 1.807) is 10.9 Å². The van der Waals surface area contributed by atoms with Gasteiger partial charge in [0, 0.05) is 64.1 Å². The Morgan fingerprint density at radius 3 is 2.63 bits per heavy atom. The number of hydrogen-bond donors (Lipinski definition) is 0. The van der Waals surface area contributed by atoms with Crippen molar-refractivity contribution in [2.75, 3.05) is 63.9 Å². The number of carbonyl (C=O) groups is 1. The van der Waals surface area contributed by atoms with Gasteiger partial charge in [0.15, 0.2) is 0 Å². The molecule has 3 heterocycles. The smallest absolute Gasteiger partial charge is 0.261 e. The monoisotopic (exact) mass is 413 g/mol. The summed E-state index contributed by atoms with van der Waals surface area (Å²) < 4.78 is 6.98. The zero-order valence-electron chi connectivity index (χ0n) is 17.9. The first-order valence-corrected chi connectivity index (χ1v) is 10.9. The van der Waals surface area contributed by atoms with E-state index in [2.05, 4.69) is 14.8 Å². The van der Waals surface area contributed by atoms with Crippen molar-refractivity contribution in [3.63, 3.8) is 0 Å². The van der Waals surface area contributed by atoms with Gasteiger partial charge in [-0.25, -0.2) is 4.98 Å². The molecule has 0 radical (unpaired) electrons. The molecule has 1 aromatic carbocycles. The fraction of sp³-hybridized carbons (Fsp3) is 0.591. The van der Waals surface area contributed by atoms with Gasteiger partial charge in [-0.1, -0.05) is 0 Å². The predicted molar refractivity (Wildman–Crippen MR) is 117 cm³/mol. The van der Waals surface area contributed by atoms with E-state index < -0.39 is 0 Å². The zero-order valence-corrected chi connectivity index (χ0v) is 17.9. The molecule has 162 valence electrons. The third-order valence-electron chi connectivity index (χ3n) is 6.04. The largest absolute Gasteiger partial charge is 0.372 e. The summed E-state index contributed by atoms with van der Waals surface area (Å²) in [5.74, 6) is 0.103. The van der Waals surface area contributed by atoms with Crippen molar-refractivity contribution in [1.29, 1.82) is 0 Å². The van der Waals surface area contributed by atoms with Crippen LogP contribution in [0.5, 0.6) is 0 Å². The third-order valence-corrected chi connectivity index (χ3v) is 6.04. The highest BCUT2D eigenvalue weighted by molar-refractivity contribution is 5.81. The fourth-order valence-electron chi connectivity index (χ4n) is 4.15. The molecule has 2 saturated heterocycles. The molecule has 2 aliphatic rings. The van der Waals surface area contributed by atoms with Crippen LogP contribution in [-0.2, 0) is 9.53 Å². The maximum atomic E-state index is 12.6. The molecule has 8 nitrogen and oxygen atoms in total. The van der Waals surface area contributed by atoms with Crippen molar-refractivity contribution < 1.29 is 9.53 Å². The minimum atomic E-state index is 0.0137. The maximum Gasteiger partial charge on any atom is 0.261 e. The van der Waals surface area contributed by atoms with Gasteiger partial charge in [-0.3, -0.25) is 19.1 Å². The number of amides is 1. The van der Waals surface area contributed by atoms with Gasteiger partial charge in [-0.05, 0) is 38.5 Å². The summed E-state index contributed by atoms with van der Waals surface area (Å²) in [6, 6.07) is 6.05. The summed E-state index contributed by atoms with van der Waals surface area (Å²) in [5, 5.41) is 0.666. The number of anilines is 1. The first-order chi connectivity index (χ1) is 14.5. The quantitative estimate of drug-likeness (QED) is 0.737. The summed E-state index contributed by atoms with van der Waals surface area (Å²) >= 11 is 0. The fourth-order valence-corrected chi connectivity index (χ4v) is 4.15. The van der Waals surface area contributed by atoms with Crippen molar-refractivity contribution in [1.82, 2.24) is 19.4 Å². The first-order valence-electron chi connectivity index (χ1n) is 10.9. The molecule has 2 aromatic rings. The van der Waals surface area contributed by atoms with Crippen LogP contribution >= 0.6 is 0 Å². The van der Waals surface area contributed by atoms with E-state index in [0.717, 1.165) is 63.4 Å². The number of nitrogens with zero attached hydrogens (tertiary/aromatic N) is 5. The molecule has 0 spiro atoms. The molecule has 1 aromatic heterocycles. The molecule has 0 unspecified atom stereocenters. The molecule has 8 heteroatoms. The van der Waals surface area contributed by atoms with E-state index in [9.17, 15) is 9.59 Å². The van der Waals surface area contributed by atoms with Gasteiger partial charge >= 0.3 is 0 Å². The van der Waals surface area contributed by atoms with Crippen LogP contribution in [0.25, 0.3) is 10.9 Å². The van der Waals surface area contributed by atoms with E-state index in [1.165, 1.54) is 0 Å². The summed E-state index contributed by atoms with van der Waals surface area (Å²) in [7, 11) is 0. The molecule has 2 aliphatic heterocycles. The first kappa shape index (κ1) is 20.8. The Morgan fingerprint density at radius 1 is 1.07 bits per heavy atom. The Morgan fingerprint density at radius 2 is 1.87 bits per heavy atom. The molecular formula is C22H31N5O3. The van der Waals surface area contributed by atoms with Gasteiger partial charge in [0.2, 0.25) is 5.91 Å². The van der Waals surface area contributed by atoms with Gasteiger partial charge in [-0.2, -0.15) is 0 Å². The highest BCUT2D eigenvalue weighted by Gasteiger charge is 2.21. The van der Waals surface area contributed by atoms with Crippen LogP contribution < -0.4 is 10.5 Å². The number of rotatable bonds is 5. The van der Waals surface area contributed by atoms with Gasteiger partial charge in [-0.15, -0.1) is 0 Å². The average molecular weight is 414 g/mol. The second-order valence-corrected chi connectivity index (χ2v) is 8.37. The number of fused-ring (bicyclic) bond motifs is 1. The second-order valence-electron chi connectivity index (χ2n) is 8.37. The Kier molecular flexibility index (Phi) is 6.34. The van der Waals surface area contributed by atoms with E-state index in [1.807, 2.05) is 36.9 Å². The maximum absolute atomic E-state index is 12.6. The molecule has 1 amide bonds. The number of hydrogen-bond acceptors (Lipinski definition) is 6. The minimum Gasteiger partial charge on any atom is -0.372 e. The summed E-state index contributed by atoms with van der Waals surface area (Å²) in [6.07, 6.45) is 2.56. The molecule has 0 atom stereocenters. The minimum absolute atomic E-state index is 0.0137. The SMILES string of the molecule is CC(C)n1cnc2cc(N3CCN(CCN4CCCOCC4=O)CC3)ccc2c1=O. The molecule has 0 bridgehead atoms. The molecule has 0 saturated carbocycles. The van der Waals surface area contributed by atoms with Crippen molar-refractivity contribution in [3.8, 4) is 0 Å². The zero-order chi connectivity index (χ0) is 21.1. The number of benzene rings is 1. The van der Waals surface area contributed by atoms with Crippen molar-refractivity contribution >= 4 is 22.5 Å². The Balaban J connectivity index is 1.35. The van der Waals surface area contributed by atoms with Gasteiger partial charge < -0.3 is 14.5 Å². The Hall–Kier alpha value is -2.45. The third kappa shape index (κ3) is 4.49. The van der Waals surface area contributed by atoms with Crippen molar-refractivity contribution in [2.24, 2.45) is 0 Å². The summed E-state index contributed by atoms with van der Waals surface area (Å²) in [5.41, 5.74) is 1.87. The van der Waals surface area contributed by atoms with Gasteiger partial charge in [0.25, 0.3) is 5.56 Å².